The van der Waals surface area contributed by atoms with Crippen molar-refractivity contribution in [2.24, 2.45) is 5.84 Å². The van der Waals surface area contributed by atoms with E-state index in [1.165, 1.54) is 12.6 Å². The van der Waals surface area contributed by atoms with Gasteiger partial charge < -0.3 is 20.1 Å². The van der Waals surface area contributed by atoms with Gasteiger partial charge in [0.25, 0.3) is 0 Å². The zero-order valence-corrected chi connectivity index (χ0v) is 19.9. The second-order valence-corrected chi connectivity index (χ2v) is 8.24. The maximum absolute atomic E-state index is 12.1. The lowest BCUT2D eigenvalue weighted by molar-refractivity contribution is 0.223. The van der Waals surface area contributed by atoms with Crippen molar-refractivity contribution in [1.29, 1.82) is 5.41 Å². The Bertz CT molecular complexity index is 1070. The monoisotopic (exact) mass is 451 g/mol. The molecule has 0 spiro atoms. The highest BCUT2D eigenvalue weighted by atomic mass is 16.5. The normalized spacial score (nSPS) is 13.6. The van der Waals surface area contributed by atoms with E-state index in [0.717, 1.165) is 45.9 Å². The van der Waals surface area contributed by atoms with E-state index < -0.39 is 0 Å². The summed E-state index contributed by atoms with van der Waals surface area (Å²) < 4.78 is 11.5. The molecule has 2 amide bonds. The molecule has 8 nitrogen and oxygen atoms in total. The van der Waals surface area contributed by atoms with Crippen LogP contribution in [0.4, 0.5) is 10.5 Å². The minimum atomic E-state index is -0.385. The predicted octanol–water partition coefficient (Wildman–Crippen LogP) is 4.25. The Morgan fingerprint density at radius 3 is 2.58 bits per heavy atom. The first kappa shape index (κ1) is 24.1. The van der Waals surface area contributed by atoms with Gasteiger partial charge in [-0.2, -0.15) is 0 Å². The lowest BCUT2D eigenvalue weighted by Gasteiger charge is -2.19. The number of nitrogens with two attached hydrogens (primary N) is 1. The fourth-order valence-corrected chi connectivity index (χ4v) is 3.75. The summed E-state index contributed by atoms with van der Waals surface area (Å²) in [5.41, 5.74) is 5.66. The number of urea groups is 1. The average molecular weight is 452 g/mol. The standard InChI is InChI=1S/C25H33N5O3/c1-15-13-18(23(26)16(2)24(28-3)32-5)11-12-22(15)33-14-20-19(17-9-10-17)7-6-8-21(20)29-25(31)30(4)27/h6-8,11-13,17,26,28H,9-10,14,27H2,1-5H3,(H,29,31)/b24-16+,26-23?. The van der Waals surface area contributed by atoms with Crippen molar-refractivity contribution in [2.75, 3.05) is 26.5 Å². The molecule has 8 heteroatoms. The van der Waals surface area contributed by atoms with Crippen LogP contribution in [0.2, 0.25) is 0 Å². The van der Waals surface area contributed by atoms with Crippen LogP contribution < -0.4 is 21.2 Å². The van der Waals surface area contributed by atoms with E-state index in [4.69, 9.17) is 20.7 Å². The maximum Gasteiger partial charge on any atom is 0.335 e. The van der Waals surface area contributed by atoms with Crippen molar-refractivity contribution in [3.8, 4) is 5.75 Å². The molecule has 0 unspecified atom stereocenters. The van der Waals surface area contributed by atoms with Gasteiger partial charge in [0.1, 0.15) is 12.4 Å². The lowest BCUT2D eigenvalue weighted by Crippen LogP contribution is -2.37. The molecule has 5 N–H and O–H groups in total. The molecule has 2 aromatic carbocycles. The molecule has 33 heavy (non-hydrogen) atoms. The van der Waals surface area contributed by atoms with Gasteiger partial charge in [-0.05, 0) is 68.0 Å². The Balaban J connectivity index is 1.82. The second-order valence-electron chi connectivity index (χ2n) is 8.24. The number of hydrogen-bond acceptors (Lipinski definition) is 6. The quantitative estimate of drug-likeness (QED) is 0.150. The molecule has 0 heterocycles. The number of benzene rings is 2. The summed E-state index contributed by atoms with van der Waals surface area (Å²) in [4.78, 5) is 12.1. The number of ether oxygens (including phenoxy) is 2. The Labute approximate surface area is 195 Å². The number of amides is 2. The first-order valence-electron chi connectivity index (χ1n) is 10.9. The van der Waals surface area contributed by atoms with E-state index in [1.807, 2.05) is 44.2 Å². The molecule has 0 aliphatic heterocycles. The smallest absolute Gasteiger partial charge is 0.335 e. The Morgan fingerprint density at radius 1 is 1.27 bits per heavy atom. The molecule has 0 saturated heterocycles. The van der Waals surface area contributed by atoms with Gasteiger partial charge in [-0.1, -0.05) is 12.1 Å². The zero-order chi connectivity index (χ0) is 24.1. The Morgan fingerprint density at radius 2 is 2.00 bits per heavy atom. The Hall–Kier alpha value is -3.52. The van der Waals surface area contributed by atoms with E-state index in [-0.39, 0.29) is 6.03 Å². The third kappa shape index (κ3) is 5.64. The number of methoxy groups -OCH3 is 1. The highest BCUT2D eigenvalue weighted by Gasteiger charge is 2.27. The molecule has 1 fully saturated rings. The van der Waals surface area contributed by atoms with Gasteiger partial charge in [0, 0.05) is 36.5 Å². The molecule has 1 saturated carbocycles. The number of nitrogens with one attached hydrogen (secondary N) is 3. The van der Waals surface area contributed by atoms with Gasteiger partial charge in [-0.15, -0.1) is 0 Å². The first-order valence-corrected chi connectivity index (χ1v) is 10.9. The predicted molar refractivity (Wildman–Crippen MR) is 130 cm³/mol. The van der Waals surface area contributed by atoms with Crippen LogP contribution in [-0.2, 0) is 11.3 Å². The summed E-state index contributed by atoms with van der Waals surface area (Å²) in [7, 11) is 4.84. The van der Waals surface area contributed by atoms with Crippen molar-refractivity contribution in [1.82, 2.24) is 10.3 Å². The van der Waals surface area contributed by atoms with Crippen molar-refractivity contribution in [2.45, 2.75) is 39.2 Å². The van der Waals surface area contributed by atoms with Gasteiger partial charge in [-0.3, -0.25) is 10.4 Å². The number of carbonyl (C=O) groups is 1. The number of carbonyl (C=O) groups excluding carboxylic acids is 1. The highest BCUT2D eigenvalue weighted by molar-refractivity contribution is 6.10. The largest absolute Gasteiger partial charge is 0.489 e. The fourth-order valence-electron chi connectivity index (χ4n) is 3.75. The molecule has 0 atom stereocenters. The number of allylic oxidation sites excluding steroid dienone is 1. The minimum Gasteiger partial charge on any atom is -0.489 e. The lowest BCUT2D eigenvalue weighted by atomic mass is 10.0. The van der Waals surface area contributed by atoms with Crippen LogP contribution in [-0.4, -0.2) is 38.0 Å². The Kier molecular flexibility index (Phi) is 7.60. The van der Waals surface area contributed by atoms with Gasteiger partial charge in [0.05, 0.1) is 12.8 Å². The van der Waals surface area contributed by atoms with Crippen molar-refractivity contribution < 1.29 is 14.3 Å². The summed E-state index contributed by atoms with van der Waals surface area (Å²) in [6, 6.07) is 11.2. The number of aryl methyl sites for hydroxylation is 1. The van der Waals surface area contributed by atoms with E-state index in [1.54, 1.807) is 14.2 Å². The number of rotatable bonds is 9. The van der Waals surface area contributed by atoms with Crippen LogP contribution in [0.5, 0.6) is 5.75 Å². The molecular formula is C25H33N5O3. The van der Waals surface area contributed by atoms with Crippen molar-refractivity contribution in [3.05, 3.63) is 70.1 Å². The molecule has 0 bridgehead atoms. The van der Waals surface area contributed by atoms with Gasteiger partial charge in [0.2, 0.25) is 0 Å². The number of nitrogens with zero attached hydrogens (tertiary/aromatic N) is 1. The van der Waals surface area contributed by atoms with E-state index in [2.05, 4.69) is 16.7 Å². The SMILES string of the molecule is CN/C(OC)=C(/C)C(=N)c1ccc(OCc2c(NC(=O)N(C)N)cccc2C2CC2)c(C)c1. The maximum atomic E-state index is 12.1. The molecule has 1 aliphatic rings. The summed E-state index contributed by atoms with van der Waals surface area (Å²) in [6.45, 7) is 4.13. The average Bonchev–Trinajstić information content (AvgIpc) is 3.64. The van der Waals surface area contributed by atoms with Crippen LogP contribution >= 0.6 is 0 Å². The minimum absolute atomic E-state index is 0.320. The van der Waals surface area contributed by atoms with E-state index >= 15 is 0 Å². The van der Waals surface area contributed by atoms with Crippen LogP contribution in [0.25, 0.3) is 0 Å². The van der Waals surface area contributed by atoms with Gasteiger partial charge in [0.15, 0.2) is 5.88 Å². The summed E-state index contributed by atoms with van der Waals surface area (Å²) >= 11 is 0. The third-order valence-electron chi connectivity index (χ3n) is 5.77. The van der Waals surface area contributed by atoms with E-state index in [0.29, 0.717) is 29.8 Å². The molecule has 2 aromatic rings. The van der Waals surface area contributed by atoms with Crippen molar-refractivity contribution in [3.63, 3.8) is 0 Å². The number of anilines is 1. The summed E-state index contributed by atoms with van der Waals surface area (Å²) in [6.07, 6.45) is 2.28. The van der Waals surface area contributed by atoms with Gasteiger partial charge >= 0.3 is 6.03 Å². The summed E-state index contributed by atoms with van der Waals surface area (Å²) in [5.74, 6) is 7.37. The number of hydrogen-bond donors (Lipinski definition) is 4. The molecule has 0 aromatic heterocycles. The topological polar surface area (TPSA) is 113 Å². The summed E-state index contributed by atoms with van der Waals surface area (Å²) in [5, 5.41) is 15.4. The number of hydrazine groups is 1. The van der Waals surface area contributed by atoms with Crippen LogP contribution in [0, 0.1) is 12.3 Å². The van der Waals surface area contributed by atoms with Crippen LogP contribution in [0.15, 0.2) is 47.9 Å². The zero-order valence-electron chi connectivity index (χ0n) is 19.9. The van der Waals surface area contributed by atoms with Crippen LogP contribution in [0.1, 0.15) is 47.9 Å². The van der Waals surface area contributed by atoms with Crippen molar-refractivity contribution >= 4 is 17.4 Å². The molecule has 1 aliphatic carbocycles. The van der Waals surface area contributed by atoms with Crippen LogP contribution in [0.3, 0.4) is 0 Å². The second kappa shape index (κ2) is 10.4. The molecule has 0 radical (unpaired) electrons. The third-order valence-corrected chi connectivity index (χ3v) is 5.77. The van der Waals surface area contributed by atoms with Gasteiger partial charge in [-0.25, -0.2) is 10.6 Å². The molecular weight excluding hydrogens is 418 g/mol. The molecule has 176 valence electrons. The molecule has 3 rings (SSSR count). The van der Waals surface area contributed by atoms with E-state index in [9.17, 15) is 4.79 Å². The first-order chi connectivity index (χ1) is 15.8. The highest BCUT2D eigenvalue weighted by Crippen LogP contribution is 2.43. The fraction of sp³-hybridized carbons (Fsp3) is 0.360.